The molecule has 0 amide bonds. The first-order valence-corrected chi connectivity index (χ1v) is 17.3. The molecule has 0 fully saturated rings. The zero-order valence-electron chi connectivity index (χ0n) is 26.4. The average molecular weight is 645 g/mol. The number of para-hydroxylation sites is 2. The fourth-order valence-corrected chi connectivity index (χ4v) is 8.39. The molecule has 0 unspecified atom stereocenters. The SMILES string of the molecule is c1ccc(-c2nc3ccc4ccc5c(N(c6ccccc6)c6ccc(-c7cccc8oc9ccccc9c78)cc6)cccc5c4c3s2)cc1. The van der Waals surface area contributed by atoms with Gasteiger partial charge in [-0.15, -0.1) is 11.3 Å². The first kappa shape index (κ1) is 27.8. The van der Waals surface area contributed by atoms with Crippen molar-refractivity contribution < 1.29 is 4.42 Å². The summed E-state index contributed by atoms with van der Waals surface area (Å²) in [7, 11) is 0. The van der Waals surface area contributed by atoms with Crippen LogP contribution >= 0.6 is 11.3 Å². The summed E-state index contributed by atoms with van der Waals surface area (Å²) in [6.07, 6.45) is 0. The van der Waals surface area contributed by atoms with Crippen molar-refractivity contribution >= 4 is 82.1 Å². The number of hydrogen-bond acceptors (Lipinski definition) is 4. The zero-order chi connectivity index (χ0) is 32.3. The Balaban J connectivity index is 1.15. The zero-order valence-corrected chi connectivity index (χ0v) is 27.2. The average Bonchev–Trinajstić information content (AvgIpc) is 3.78. The van der Waals surface area contributed by atoms with Gasteiger partial charge in [-0.1, -0.05) is 121 Å². The third-order valence-corrected chi connectivity index (χ3v) is 10.6. The summed E-state index contributed by atoms with van der Waals surface area (Å²) in [5.41, 5.74) is 9.64. The Hall–Kier alpha value is -6.23. The second-order valence-corrected chi connectivity index (χ2v) is 13.3. The maximum Gasteiger partial charge on any atom is 0.136 e. The van der Waals surface area contributed by atoms with Crippen molar-refractivity contribution in [3.8, 4) is 21.7 Å². The van der Waals surface area contributed by atoms with Crippen LogP contribution < -0.4 is 4.90 Å². The maximum absolute atomic E-state index is 6.20. The molecule has 0 aliphatic rings. The number of rotatable bonds is 5. The van der Waals surface area contributed by atoms with E-state index in [9.17, 15) is 0 Å². The Labute approximate surface area is 286 Å². The third kappa shape index (κ3) is 4.53. The highest BCUT2D eigenvalue weighted by Gasteiger charge is 2.19. The summed E-state index contributed by atoms with van der Waals surface area (Å²) in [6.45, 7) is 0. The van der Waals surface area contributed by atoms with Crippen LogP contribution in [0.3, 0.4) is 0 Å². The van der Waals surface area contributed by atoms with E-state index in [1.54, 1.807) is 11.3 Å². The van der Waals surface area contributed by atoms with E-state index in [0.29, 0.717) is 0 Å². The first-order chi connectivity index (χ1) is 24.3. The van der Waals surface area contributed by atoms with Crippen LogP contribution in [0.5, 0.6) is 0 Å². The van der Waals surface area contributed by atoms with Crippen LogP contribution in [0.25, 0.3) is 75.4 Å². The van der Waals surface area contributed by atoms with Crippen LogP contribution in [0.2, 0.25) is 0 Å². The van der Waals surface area contributed by atoms with Gasteiger partial charge in [-0.05, 0) is 70.4 Å². The van der Waals surface area contributed by atoms with Crippen molar-refractivity contribution in [2.75, 3.05) is 4.90 Å². The maximum atomic E-state index is 6.20. The summed E-state index contributed by atoms with van der Waals surface area (Å²) < 4.78 is 7.42. The van der Waals surface area contributed by atoms with Crippen LogP contribution in [-0.4, -0.2) is 4.98 Å². The van der Waals surface area contributed by atoms with Crippen molar-refractivity contribution in [1.29, 1.82) is 0 Å². The van der Waals surface area contributed by atoms with Gasteiger partial charge in [0, 0.05) is 38.5 Å². The highest BCUT2D eigenvalue weighted by molar-refractivity contribution is 7.22. The Morgan fingerprint density at radius 3 is 2.02 bits per heavy atom. The van der Waals surface area contributed by atoms with E-state index < -0.39 is 0 Å². The molecule has 0 aliphatic heterocycles. The molecule has 0 spiro atoms. The molecule has 2 heterocycles. The number of hydrogen-bond donors (Lipinski definition) is 0. The van der Waals surface area contributed by atoms with Crippen molar-refractivity contribution in [2.45, 2.75) is 0 Å². The summed E-state index contributed by atoms with van der Waals surface area (Å²) in [6, 6.07) is 60.2. The standard InChI is InChI=1S/C45H28N2OS/c1-3-11-31(12-4-1)45-46-38-28-24-30-23-27-35-36(42(30)44(38)49-45)17-9-18-39(35)47(32-13-5-2-6-14-32)33-25-21-29(22-26-33)34-16-10-20-41-43(34)37-15-7-8-19-40(37)48-41/h1-28H. The molecule has 3 nitrogen and oxygen atoms in total. The number of furan rings is 1. The predicted octanol–water partition coefficient (Wildman–Crippen LogP) is 13.3. The molecular weight excluding hydrogens is 617 g/mol. The van der Waals surface area contributed by atoms with Crippen LogP contribution in [0.1, 0.15) is 0 Å². The monoisotopic (exact) mass is 644 g/mol. The molecule has 0 bridgehead atoms. The van der Waals surface area contributed by atoms with Crippen molar-refractivity contribution in [2.24, 2.45) is 0 Å². The summed E-state index contributed by atoms with van der Waals surface area (Å²) in [4.78, 5) is 7.43. The van der Waals surface area contributed by atoms with Gasteiger partial charge in [0.25, 0.3) is 0 Å². The van der Waals surface area contributed by atoms with Crippen molar-refractivity contribution in [1.82, 2.24) is 4.98 Å². The normalized spacial score (nSPS) is 11.7. The van der Waals surface area contributed by atoms with Gasteiger partial charge >= 0.3 is 0 Å². The second-order valence-electron chi connectivity index (χ2n) is 12.3. The van der Waals surface area contributed by atoms with E-state index in [1.807, 2.05) is 12.1 Å². The molecule has 2 aromatic heterocycles. The van der Waals surface area contributed by atoms with E-state index in [0.717, 1.165) is 60.7 Å². The van der Waals surface area contributed by atoms with Crippen LogP contribution in [0, 0.1) is 0 Å². The van der Waals surface area contributed by atoms with Gasteiger partial charge in [-0.2, -0.15) is 0 Å². The number of thiazole rings is 1. The van der Waals surface area contributed by atoms with Gasteiger partial charge in [-0.3, -0.25) is 0 Å². The molecule has 49 heavy (non-hydrogen) atoms. The van der Waals surface area contributed by atoms with Gasteiger partial charge in [0.2, 0.25) is 0 Å². The summed E-state index contributed by atoms with van der Waals surface area (Å²) >= 11 is 1.77. The minimum absolute atomic E-state index is 0.905. The van der Waals surface area contributed by atoms with Crippen LogP contribution in [-0.2, 0) is 0 Å². The Morgan fingerprint density at radius 2 is 1.16 bits per heavy atom. The van der Waals surface area contributed by atoms with Crippen LogP contribution in [0.15, 0.2) is 174 Å². The molecule has 230 valence electrons. The lowest BCUT2D eigenvalue weighted by atomic mass is 9.98. The van der Waals surface area contributed by atoms with E-state index in [2.05, 4.69) is 163 Å². The molecule has 0 aliphatic carbocycles. The number of anilines is 3. The molecule has 4 heteroatoms. The number of benzene rings is 8. The van der Waals surface area contributed by atoms with Crippen molar-refractivity contribution in [3.05, 3.63) is 170 Å². The lowest BCUT2D eigenvalue weighted by Gasteiger charge is -2.27. The predicted molar refractivity (Wildman–Crippen MR) is 207 cm³/mol. The van der Waals surface area contributed by atoms with Gasteiger partial charge in [0.05, 0.1) is 15.9 Å². The van der Waals surface area contributed by atoms with Crippen LogP contribution in [0.4, 0.5) is 17.1 Å². The van der Waals surface area contributed by atoms with E-state index in [1.165, 1.54) is 31.8 Å². The third-order valence-electron chi connectivity index (χ3n) is 9.49. The Kier molecular flexibility index (Phi) is 6.36. The fourth-order valence-electron chi connectivity index (χ4n) is 7.25. The minimum atomic E-state index is 0.905. The molecule has 10 rings (SSSR count). The number of fused-ring (bicyclic) bond motifs is 8. The lowest BCUT2D eigenvalue weighted by molar-refractivity contribution is 0.669. The van der Waals surface area contributed by atoms with Gasteiger partial charge in [0.1, 0.15) is 16.2 Å². The molecule has 0 saturated carbocycles. The smallest absolute Gasteiger partial charge is 0.136 e. The number of nitrogens with zero attached hydrogens (tertiary/aromatic N) is 2. The van der Waals surface area contributed by atoms with E-state index in [-0.39, 0.29) is 0 Å². The molecule has 0 saturated heterocycles. The highest BCUT2D eigenvalue weighted by atomic mass is 32.1. The lowest BCUT2D eigenvalue weighted by Crippen LogP contribution is -2.10. The molecule has 8 aromatic carbocycles. The molecular formula is C45H28N2OS. The highest BCUT2D eigenvalue weighted by Crippen LogP contribution is 2.44. The molecule has 10 aromatic rings. The first-order valence-electron chi connectivity index (χ1n) is 16.5. The summed E-state index contributed by atoms with van der Waals surface area (Å²) in [5, 5.41) is 8.21. The summed E-state index contributed by atoms with van der Waals surface area (Å²) in [5.74, 6) is 0. The Morgan fingerprint density at radius 1 is 0.469 bits per heavy atom. The van der Waals surface area contributed by atoms with E-state index in [4.69, 9.17) is 9.40 Å². The largest absolute Gasteiger partial charge is 0.456 e. The minimum Gasteiger partial charge on any atom is -0.456 e. The molecule has 0 radical (unpaired) electrons. The topological polar surface area (TPSA) is 29.3 Å². The molecule has 0 N–H and O–H groups in total. The van der Waals surface area contributed by atoms with Gasteiger partial charge in [-0.25, -0.2) is 4.98 Å². The number of aromatic nitrogens is 1. The molecule has 0 atom stereocenters. The van der Waals surface area contributed by atoms with Crippen molar-refractivity contribution in [3.63, 3.8) is 0 Å². The quantitative estimate of drug-likeness (QED) is 0.175. The fraction of sp³-hybridized carbons (Fsp3) is 0. The Bertz CT molecular complexity index is 2820. The van der Waals surface area contributed by atoms with E-state index >= 15 is 0 Å². The van der Waals surface area contributed by atoms with Gasteiger partial charge < -0.3 is 9.32 Å². The van der Waals surface area contributed by atoms with Gasteiger partial charge in [0.15, 0.2) is 0 Å². The second kappa shape index (κ2) is 11.2.